The fourth-order valence-electron chi connectivity index (χ4n) is 1.77. The van der Waals surface area contributed by atoms with Crippen molar-refractivity contribution in [2.75, 3.05) is 14.2 Å². The smallest absolute Gasteiger partial charge is 0.336 e. The van der Waals surface area contributed by atoms with Crippen molar-refractivity contribution in [3.05, 3.63) is 58.6 Å². The average molecular weight is 363 g/mol. The van der Waals surface area contributed by atoms with Crippen LogP contribution in [0.1, 0.15) is 5.56 Å². The van der Waals surface area contributed by atoms with Crippen LogP contribution >= 0.6 is 15.9 Å². The Morgan fingerprint density at radius 2 is 1.68 bits per heavy atom. The summed E-state index contributed by atoms with van der Waals surface area (Å²) in [5.74, 6) is 1.33. The molecule has 2 aromatic rings. The first kappa shape index (κ1) is 16.1. The average Bonchev–Trinajstić information content (AvgIpc) is 2.55. The zero-order valence-corrected chi connectivity index (χ0v) is 13.8. The lowest BCUT2D eigenvalue weighted by molar-refractivity contribution is -0.128. The lowest BCUT2D eigenvalue weighted by Crippen LogP contribution is -2.03. The van der Waals surface area contributed by atoms with Gasteiger partial charge in [-0.1, -0.05) is 15.9 Å². The van der Waals surface area contributed by atoms with Crippen LogP contribution in [0.25, 0.3) is 6.08 Å². The first-order chi connectivity index (χ1) is 10.6. The quantitative estimate of drug-likeness (QED) is 0.456. The van der Waals surface area contributed by atoms with Crippen molar-refractivity contribution in [3.8, 4) is 17.2 Å². The third-order valence-corrected chi connectivity index (χ3v) is 3.40. The summed E-state index contributed by atoms with van der Waals surface area (Å²) in [6.45, 7) is 0. The number of rotatable bonds is 5. The van der Waals surface area contributed by atoms with Crippen molar-refractivity contribution in [3.63, 3.8) is 0 Å². The van der Waals surface area contributed by atoms with Crippen LogP contribution in [0.4, 0.5) is 0 Å². The van der Waals surface area contributed by atoms with E-state index >= 15 is 0 Å². The molecule has 0 saturated carbocycles. The molecule has 2 aromatic carbocycles. The van der Waals surface area contributed by atoms with E-state index in [4.69, 9.17) is 14.2 Å². The van der Waals surface area contributed by atoms with E-state index in [1.54, 1.807) is 62.8 Å². The number of hydrogen-bond donors (Lipinski definition) is 0. The molecule has 0 aliphatic heterocycles. The number of benzene rings is 2. The van der Waals surface area contributed by atoms with Gasteiger partial charge in [-0.15, -0.1) is 0 Å². The standard InChI is InChI=1S/C17H15BrO4/c1-20-15-7-3-12(16(11-15)21-2)4-10-17(19)22-14-8-5-13(18)6-9-14/h3-11H,1-2H3. The molecule has 0 saturated heterocycles. The summed E-state index contributed by atoms with van der Waals surface area (Å²) in [5.41, 5.74) is 0.760. The first-order valence-corrected chi connectivity index (χ1v) is 7.29. The zero-order valence-electron chi connectivity index (χ0n) is 12.2. The summed E-state index contributed by atoms with van der Waals surface area (Å²) >= 11 is 3.32. The highest BCUT2D eigenvalue weighted by molar-refractivity contribution is 9.10. The number of methoxy groups -OCH3 is 2. The predicted octanol–water partition coefficient (Wildman–Crippen LogP) is 4.09. The Bertz CT molecular complexity index is 678. The Kier molecular flexibility index (Phi) is 5.61. The number of carbonyl (C=O) groups is 1. The van der Waals surface area contributed by atoms with Crippen LogP contribution in [0.2, 0.25) is 0 Å². The Morgan fingerprint density at radius 1 is 1.00 bits per heavy atom. The second-order valence-electron chi connectivity index (χ2n) is 4.32. The topological polar surface area (TPSA) is 44.8 Å². The van der Waals surface area contributed by atoms with Crippen LogP contribution in [-0.2, 0) is 4.79 Å². The molecule has 22 heavy (non-hydrogen) atoms. The van der Waals surface area contributed by atoms with Crippen molar-refractivity contribution in [1.82, 2.24) is 0 Å². The summed E-state index contributed by atoms with van der Waals surface area (Å²) in [6.07, 6.45) is 2.99. The Balaban J connectivity index is 2.07. The van der Waals surface area contributed by atoms with E-state index in [-0.39, 0.29) is 0 Å². The van der Waals surface area contributed by atoms with Gasteiger partial charge < -0.3 is 14.2 Å². The van der Waals surface area contributed by atoms with Crippen molar-refractivity contribution in [2.45, 2.75) is 0 Å². The van der Waals surface area contributed by atoms with Crippen LogP contribution in [0, 0.1) is 0 Å². The third-order valence-electron chi connectivity index (χ3n) is 2.87. The first-order valence-electron chi connectivity index (χ1n) is 6.50. The minimum absolute atomic E-state index is 0.458. The molecule has 0 heterocycles. The molecule has 0 aliphatic carbocycles. The van der Waals surface area contributed by atoms with E-state index in [0.717, 1.165) is 10.0 Å². The van der Waals surface area contributed by atoms with Crippen molar-refractivity contribution in [1.29, 1.82) is 0 Å². The number of halogens is 1. The van der Waals surface area contributed by atoms with E-state index < -0.39 is 5.97 Å². The minimum Gasteiger partial charge on any atom is -0.497 e. The highest BCUT2D eigenvalue weighted by Crippen LogP contribution is 2.25. The molecule has 0 bridgehead atoms. The monoisotopic (exact) mass is 362 g/mol. The molecule has 114 valence electrons. The van der Waals surface area contributed by atoms with Crippen LogP contribution in [0.5, 0.6) is 17.2 Å². The van der Waals surface area contributed by atoms with Gasteiger partial charge in [-0.05, 0) is 42.5 Å². The molecule has 0 radical (unpaired) electrons. The van der Waals surface area contributed by atoms with E-state index in [9.17, 15) is 4.79 Å². The summed E-state index contributed by atoms with van der Waals surface area (Å²) in [4.78, 5) is 11.8. The second-order valence-corrected chi connectivity index (χ2v) is 5.23. The highest BCUT2D eigenvalue weighted by Gasteiger charge is 2.04. The SMILES string of the molecule is COc1ccc(C=CC(=O)Oc2ccc(Br)cc2)c(OC)c1. The van der Waals surface area contributed by atoms with Gasteiger partial charge in [0.1, 0.15) is 17.2 Å². The fourth-order valence-corrected chi connectivity index (χ4v) is 2.03. The molecule has 0 amide bonds. The van der Waals surface area contributed by atoms with Gasteiger partial charge in [-0.25, -0.2) is 4.79 Å². The summed E-state index contributed by atoms with van der Waals surface area (Å²) in [5, 5.41) is 0. The zero-order chi connectivity index (χ0) is 15.9. The van der Waals surface area contributed by atoms with E-state index in [1.807, 2.05) is 0 Å². The molecule has 0 spiro atoms. The van der Waals surface area contributed by atoms with Gasteiger partial charge in [0.25, 0.3) is 0 Å². The molecule has 0 unspecified atom stereocenters. The molecular weight excluding hydrogens is 348 g/mol. The van der Waals surface area contributed by atoms with Gasteiger partial charge in [0.15, 0.2) is 0 Å². The third kappa shape index (κ3) is 4.36. The minimum atomic E-state index is -0.458. The largest absolute Gasteiger partial charge is 0.497 e. The Hall–Kier alpha value is -2.27. The van der Waals surface area contributed by atoms with Gasteiger partial charge in [-0.3, -0.25) is 0 Å². The fraction of sp³-hybridized carbons (Fsp3) is 0.118. The van der Waals surface area contributed by atoms with Crippen molar-refractivity contribution >= 4 is 28.0 Å². The summed E-state index contributed by atoms with van der Waals surface area (Å²) < 4.78 is 16.5. The normalized spacial score (nSPS) is 10.5. The van der Waals surface area contributed by atoms with Crippen LogP contribution < -0.4 is 14.2 Å². The lowest BCUT2D eigenvalue weighted by Gasteiger charge is -2.07. The highest BCUT2D eigenvalue weighted by atomic mass is 79.9. The van der Waals surface area contributed by atoms with Gasteiger partial charge in [0, 0.05) is 22.2 Å². The molecule has 2 rings (SSSR count). The molecule has 0 N–H and O–H groups in total. The Morgan fingerprint density at radius 3 is 2.32 bits per heavy atom. The van der Waals surface area contributed by atoms with Crippen LogP contribution in [0.15, 0.2) is 53.0 Å². The van der Waals surface area contributed by atoms with E-state index in [1.165, 1.54) is 6.08 Å². The van der Waals surface area contributed by atoms with Gasteiger partial charge in [-0.2, -0.15) is 0 Å². The second kappa shape index (κ2) is 7.66. The maximum atomic E-state index is 11.8. The number of ether oxygens (including phenoxy) is 3. The number of hydrogen-bond acceptors (Lipinski definition) is 4. The maximum Gasteiger partial charge on any atom is 0.336 e. The van der Waals surface area contributed by atoms with Gasteiger partial charge >= 0.3 is 5.97 Å². The summed E-state index contributed by atoms with van der Waals surface area (Å²) in [6, 6.07) is 12.4. The molecule has 5 heteroatoms. The molecule has 0 atom stereocenters. The molecular formula is C17H15BrO4. The van der Waals surface area contributed by atoms with Crippen LogP contribution in [-0.4, -0.2) is 20.2 Å². The van der Waals surface area contributed by atoms with Gasteiger partial charge in [0.2, 0.25) is 0 Å². The maximum absolute atomic E-state index is 11.8. The molecule has 4 nitrogen and oxygen atoms in total. The molecule has 0 fully saturated rings. The number of esters is 1. The molecule has 0 aliphatic rings. The number of carbonyl (C=O) groups excluding carboxylic acids is 1. The lowest BCUT2D eigenvalue weighted by atomic mass is 10.2. The van der Waals surface area contributed by atoms with Crippen LogP contribution in [0.3, 0.4) is 0 Å². The van der Waals surface area contributed by atoms with Crippen molar-refractivity contribution in [2.24, 2.45) is 0 Å². The van der Waals surface area contributed by atoms with Crippen molar-refractivity contribution < 1.29 is 19.0 Å². The van der Waals surface area contributed by atoms with E-state index in [2.05, 4.69) is 15.9 Å². The Labute approximate surface area is 137 Å². The predicted molar refractivity (Wildman–Crippen MR) is 88.4 cm³/mol. The molecule has 0 aromatic heterocycles. The summed E-state index contributed by atoms with van der Waals surface area (Å²) in [7, 11) is 3.14. The van der Waals surface area contributed by atoms with Gasteiger partial charge in [0.05, 0.1) is 14.2 Å². The van der Waals surface area contributed by atoms with E-state index in [0.29, 0.717) is 17.2 Å².